The second-order valence-electron chi connectivity index (χ2n) is 4.56. The van der Waals surface area contributed by atoms with Gasteiger partial charge in [-0.05, 0) is 18.2 Å². The summed E-state index contributed by atoms with van der Waals surface area (Å²) < 4.78 is 5.57. The number of carbonyl (C=O) groups excluding carboxylic acids is 1. The Morgan fingerprint density at radius 3 is 3.05 bits per heavy atom. The highest BCUT2D eigenvalue weighted by atomic mass is 35.5. The van der Waals surface area contributed by atoms with Crippen molar-refractivity contribution in [1.29, 1.82) is 0 Å². The molecule has 1 aromatic heterocycles. The summed E-state index contributed by atoms with van der Waals surface area (Å²) in [6.07, 6.45) is 2.26. The normalized spacial score (nSPS) is 16.9. The minimum atomic E-state index is -0.228. The third-order valence-corrected chi connectivity index (χ3v) is 3.45. The molecule has 0 spiro atoms. The van der Waals surface area contributed by atoms with Gasteiger partial charge in [0.2, 0.25) is 0 Å². The number of benzene rings is 1. The summed E-state index contributed by atoms with van der Waals surface area (Å²) in [5.74, 6) is 0.595. The molecule has 4 nitrogen and oxygen atoms in total. The van der Waals surface area contributed by atoms with Crippen molar-refractivity contribution in [1.82, 2.24) is 10.3 Å². The number of carbonyl (C=O) groups is 1. The van der Waals surface area contributed by atoms with Crippen LogP contribution in [-0.2, 0) is 0 Å². The predicted octanol–water partition coefficient (Wildman–Crippen LogP) is 2.99. The van der Waals surface area contributed by atoms with Crippen molar-refractivity contribution in [2.45, 2.75) is 12.5 Å². The number of para-hydroxylation sites is 1. The molecule has 1 amide bonds. The van der Waals surface area contributed by atoms with Crippen molar-refractivity contribution in [3.63, 3.8) is 0 Å². The van der Waals surface area contributed by atoms with Gasteiger partial charge in [-0.3, -0.25) is 9.78 Å². The molecule has 3 rings (SSSR count). The third kappa shape index (κ3) is 2.60. The fourth-order valence-corrected chi connectivity index (χ4v) is 2.41. The van der Waals surface area contributed by atoms with Crippen molar-refractivity contribution in [2.24, 2.45) is 0 Å². The Bertz CT molecular complexity index is 645. The molecule has 0 radical (unpaired) electrons. The third-order valence-electron chi connectivity index (χ3n) is 3.22. The number of hydrogen-bond donors (Lipinski definition) is 1. The first-order valence-electron chi connectivity index (χ1n) is 6.38. The summed E-state index contributed by atoms with van der Waals surface area (Å²) in [5.41, 5.74) is 1.32. The first kappa shape index (κ1) is 12.9. The van der Waals surface area contributed by atoms with Crippen molar-refractivity contribution < 1.29 is 9.53 Å². The van der Waals surface area contributed by atoms with Crippen LogP contribution in [0.15, 0.2) is 42.6 Å². The number of fused-ring (bicyclic) bond motifs is 1. The van der Waals surface area contributed by atoms with Crippen LogP contribution in [0.3, 0.4) is 0 Å². The van der Waals surface area contributed by atoms with E-state index in [0.29, 0.717) is 17.3 Å². The molecule has 0 saturated carbocycles. The number of amides is 1. The van der Waals surface area contributed by atoms with E-state index in [2.05, 4.69) is 10.3 Å². The maximum Gasteiger partial charge on any atom is 0.270 e. The van der Waals surface area contributed by atoms with Gasteiger partial charge in [0.25, 0.3) is 5.91 Å². The lowest BCUT2D eigenvalue weighted by atomic mass is 10.0. The largest absolute Gasteiger partial charge is 0.493 e. The first-order chi connectivity index (χ1) is 9.74. The van der Waals surface area contributed by atoms with Gasteiger partial charge >= 0.3 is 0 Å². The maximum atomic E-state index is 12.2. The fraction of sp³-hybridized carbons (Fsp3) is 0.200. The van der Waals surface area contributed by atoms with Gasteiger partial charge in [-0.2, -0.15) is 0 Å². The number of ether oxygens (including phenoxy) is 1. The maximum absolute atomic E-state index is 12.2. The number of rotatable bonds is 2. The molecule has 20 heavy (non-hydrogen) atoms. The zero-order valence-corrected chi connectivity index (χ0v) is 11.4. The SMILES string of the molecule is O=C(NC1CCOc2ccccc21)c1cc(Cl)ccn1. The second-order valence-corrected chi connectivity index (χ2v) is 5.00. The average molecular weight is 289 g/mol. The molecular formula is C15H13ClN2O2. The molecule has 2 heterocycles. The van der Waals surface area contributed by atoms with Gasteiger partial charge in [-0.1, -0.05) is 29.8 Å². The Kier molecular flexibility index (Phi) is 3.56. The Labute approximate surface area is 121 Å². The Morgan fingerprint density at radius 2 is 2.20 bits per heavy atom. The second kappa shape index (κ2) is 5.51. The van der Waals surface area contributed by atoms with E-state index in [0.717, 1.165) is 17.7 Å². The Hall–Kier alpha value is -2.07. The van der Waals surface area contributed by atoms with Crippen LogP contribution in [0.25, 0.3) is 0 Å². The van der Waals surface area contributed by atoms with Crippen molar-refractivity contribution in [3.8, 4) is 5.75 Å². The number of halogens is 1. The van der Waals surface area contributed by atoms with Gasteiger partial charge in [0.05, 0.1) is 12.6 Å². The molecule has 2 aromatic rings. The molecule has 1 aliphatic heterocycles. The molecule has 1 atom stereocenters. The molecule has 0 saturated heterocycles. The molecule has 1 unspecified atom stereocenters. The number of hydrogen-bond acceptors (Lipinski definition) is 3. The number of nitrogens with zero attached hydrogens (tertiary/aromatic N) is 1. The summed E-state index contributed by atoms with van der Waals surface area (Å²) in [6, 6.07) is 10.9. The number of pyridine rings is 1. The topological polar surface area (TPSA) is 51.2 Å². The molecule has 1 N–H and O–H groups in total. The Morgan fingerprint density at radius 1 is 1.35 bits per heavy atom. The van der Waals surface area contributed by atoms with Gasteiger partial charge in [-0.25, -0.2) is 0 Å². The molecule has 0 bridgehead atoms. The van der Waals surface area contributed by atoms with Crippen molar-refractivity contribution in [2.75, 3.05) is 6.61 Å². The van der Waals surface area contributed by atoms with E-state index in [1.54, 1.807) is 12.1 Å². The summed E-state index contributed by atoms with van der Waals surface area (Å²) in [6.45, 7) is 0.588. The minimum absolute atomic E-state index is 0.0618. The van der Waals surface area contributed by atoms with Crippen LogP contribution in [0.4, 0.5) is 0 Å². The molecule has 0 fully saturated rings. The summed E-state index contributed by atoms with van der Waals surface area (Å²) >= 11 is 5.87. The smallest absolute Gasteiger partial charge is 0.270 e. The lowest BCUT2D eigenvalue weighted by Gasteiger charge is -2.26. The number of nitrogens with one attached hydrogen (secondary N) is 1. The molecule has 0 aliphatic carbocycles. The molecular weight excluding hydrogens is 276 g/mol. The first-order valence-corrected chi connectivity index (χ1v) is 6.76. The van der Waals surface area contributed by atoms with Gasteiger partial charge < -0.3 is 10.1 Å². The summed E-state index contributed by atoms with van der Waals surface area (Å²) in [4.78, 5) is 16.2. The monoisotopic (exact) mass is 288 g/mol. The quantitative estimate of drug-likeness (QED) is 0.924. The van der Waals surface area contributed by atoms with Crippen LogP contribution in [-0.4, -0.2) is 17.5 Å². The van der Waals surface area contributed by atoms with E-state index in [1.807, 2.05) is 24.3 Å². The van der Waals surface area contributed by atoms with E-state index >= 15 is 0 Å². The van der Waals surface area contributed by atoms with Gasteiger partial charge in [-0.15, -0.1) is 0 Å². The van der Waals surface area contributed by atoms with E-state index in [1.165, 1.54) is 6.20 Å². The van der Waals surface area contributed by atoms with Crippen molar-refractivity contribution >= 4 is 17.5 Å². The van der Waals surface area contributed by atoms with E-state index in [9.17, 15) is 4.79 Å². The predicted molar refractivity (Wildman–Crippen MR) is 76.0 cm³/mol. The summed E-state index contributed by atoms with van der Waals surface area (Å²) in [7, 11) is 0. The molecule has 5 heteroatoms. The van der Waals surface area contributed by atoms with Gasteiger partial charge in [0.15, 0.2) is 0 Å². The van der Waals surface area contributed by atoms with Crippen LogP contribution < -0.4 is 10.1 Å². The molecule has 102 valence electrons. The van der Waals surface area contributed by atoms with Crippen molar-refractivity contribution in [3.05, 3.63) is 58.9 Å². The lowest BCUT2D eigenvalue weighted by molar-refractivity contribution is 0.0919. The zero-order chi connectivity index (χ0) is 13.9. The van der Waals surface area contributed by atoms with E-state index < -0.39 is 0 Å². The molecule has 1 aromatic carbocycles. The highest BCUT2D eigenvalue weighted by molar-refractivity contribution is 6.30. The average Bonchev–Trinajstić information content (AvgIpc) is 2.47. The van der Waals surface area contributed by atoms with Crippen LogP contribution in [0.1, 0.15) is 28.5 Å². The number of aromatic nitrogens is 1. The highest BCUT2D eigenvalue weighted by Crippen LogP contribution is 2.31. The Balaban J connectivity index is 1.81. The van der Waals surface area contributed by atoms with E-state index in [4.69, 9.17) is 16.3 Å². The minimum Gasteiger partial charge on any atom is -0.493 e. The summed E-state index contributed by atoms with van der Waals surface area (Å²) in [5, 5.41) is 3.48. The van der Waals surface area contributed by atoms with Crippen LogP contribution in [0, 0.1) is 0 Å². The lowest BCUT2D eigenvalue weighted by Crippen LogP contribution is -2.32. The fourth-order valence-electron chi connectivity index (χ4n) is 2.25. The van der Waals surface area contributed by atoms with Crippen LogP contribution in [0.2, 0.25) is 5.02 Å². The molecule has 1 aliphatic rings. The van der Waals surface area contributed by atoms with Gasteiger partial charge in [0.1, 0.15) is 11.4 Å². The highest BCUT2D eigenvalue weighted by Gasteiger charge is 2.23. The zero-order valence-electron chi connectivity index (χ0n) is 10.7. The van der Waals surface area contributed by atoms with Crippen LogP contribution in [0.5, 0.6) is 5.75 Å². The van der Waals surface area contributed by atoms with Crippen LogP contribution >= 0.6 is 11.6 Å². The standard InChI is InChI=1S/C15H13ClN2O2/c16-10-5-7-17-13(9-10)15(19)18-12-6-8-20-14-4-2-1-3-11(12)14/h1-5,7,9,12H,6,8H2,(H,18,19). The van der Waals surface area contributed by atoms with E-state index in [-0.39, 0.29) is 11.9 Å². The van der Waals surface area contributed by atoms with Gasteiger partial charge in [0, 0.05) is 23.2 Å².